The average Bonchev–Trinajstić information content (AvgIpc) is 2.74. The van der Waals surface area contributed by atoms with E-state index in [0.29, 0.717) is 12.0 Å². The van der Waals surface area contributed by atoms with Gasteiger partial charge in [0.25, 0.3) is 5.91 Å². The van der Waals surface area contributed by atoms with E-state index in [9.17, 15) is 9.59 Å². The molecule has 1 aliphatic rings. The van der Waals surface area contributed by atoms with Crippen LogP contribution in [0.1, 0.15) is 36.2 Å². The standard InChI is InChI=1S/C22H27N3O2/c1-3-17-5-7-18(8-6-17)22(27)23-19-9-11-20(12-10-19)24-13-15-25(16-14-24)21(26)4-2/h5-12H,3-4,13-16H2,1-2H3,(H,23,27). The Bertz CT molecular complexity index is 776. The number of piperazine rings is 1. The van der Waals surface area contributed by atoms with Gasteiger partial charge in [-0.05, 0) is 48.4 Å². The minimum atomic E-state index is -0.0999. The Morgan fingerprint density at radius 2 is 1.52 bits per heavy atom. The summed E-state index contributed by atoms with van der Waals surface area (Å²) in [6.07, 6.45) is 1.53. The first-order valence-corrected chi connectivity index (χ1v) is 9.63. The monoisotopic (exact) mass is 365 g/mol. The first-order valence-electron chi connectivity index (χ1n) is 9.63. The van der Waals surface area contributed by atoms with Gasteiger partial charge in [0.05, 0.1) is 0 Å². The van der Waals surface area contributed by atoms with Crippen molar-refractivity contribution in [2.24, 2.45) is 0 Å². The van der Waals surface area contributed by atoms with Gasteiger partial charge in [0.15, 0.2) is 0 Å². The minimum Gasteiger partial charge on any atom is -0.368 e. The van der Waals surface area contributed by atoms with Crippen LogP contribution in [-0.4, -0.2) is 42.9 Å². The highest BCUT2D eigenvalue weighted by atomic mass is 16.2. The number of carbonyl (C=O) groups is 2. The van der Waals surface area contributed by atoms with Crippen LogP contribution in [0.2, 0.25) is 0 Å². The Labute approximate surface area is 161 Å². The van der Waals surface area contributed by atoms with E-state index in [0.717, 1.165) is 44.0 Å². The third-order valence-electron chi connectivity index (χ3n) is 5.05. The van der Waals surface area contributed by atoms with Crippen molar-refractivity contribution in [2.45, 2.75) is 26.7 Å². The van der Waals surface area contributed by atoms with Crippen molar-refractivity contribution in [2.75, 3.05) is 36.4 Å². The Kier molecular flexibility index (Phi) is 6.12. The lowest BCUT2D eigenvalue weighted by molar-refractivity contribution is -0.131. The maximum absolute atomic E-state index is 12.4. The highest BCUT2D eigenvalue weighted by Gasteiger charge is 2.20. The molecule has 0 saturated carbocycles. The van der Waals surface area contributed by atoms with Gasteiger partial charge in [-0.2, -0.15) is 0 Å². The lowest BCUT2D eigenvalue weighted by atomic mass is 10.1. The first kappa shape index (κ1) is 19.0. The molecule has 2 amide bonds. The summed E-state index contributed by atoms with van der Waals surface area (Å²) in [7, 11) is 0. The van der Waals surface area contributed by atoms with Gasteiger partial charge in [-0.1, -0.05) is 26.0 Å². The van der Waals surface area contributed by atoms with Gasteiger partial charge < -0.3 is 15.1 Å². The number of nitrogens with one attached hydrogen (secondary N) is 1. The zero-order valence-electron chi connectivity index (χ0n) is 16.1. The zero-order valence-corrected chi connectivity index (χ0v) is 16.1. The van der Waals surface area contributed by atoms with Crippen LogP contribution in [0.3, 0.4) is 0 Å². The van der Waals surface area contributed by atoms with Crippen molar-refractivity contribution in [3.05, 3.63) is 59.7 Å². The van der Waals surface area contributed by atoms with Crippen LogP contribution in [0.15, 0.2) is 48.5 Å². The minimum absolute atomic E-state index is 0.0999. The molecule has 5 heteroatoms. The maximum atomic E-state index is 12.4. The lowest BCUT2D eigenvalue weighted by Gasteiger charge is -2.36. The molecule has 1 fully saturated rings. The normalized spacial score (nSPS) is 14.1. The topological polar surface area (TPSA) is 52.7 Å². The summed E-state index contributed by atoms with van der Waals surface area (Å²) in [4.78, 5) is 28.3. The van der Waals surface area contributed by atoms with Crippen molar-refractivity contribution in [1.29, 1.82) is 0 Å². The number of benzene rings is 2. The van der Waals surface area contributed by atoms with E-state index in [1.54, 1.807) is 0 Å². The highest BCUT2D eigenvalue weighted by Crippen LogP contribution is 2.20. The lowest BCUT2D eigenvalue weighted by Crippen LogP contribution is -2.48. The predicted octanol–water partition coefficient (Wildman–Crippen LogP) is 3.56. The second-order valence-corrected chi connectivity index (χ2v) is 6.77. The summed E-state index contributed by atoms with van der Waals surface area (Å²) in [5.74, 6) is 0.122. The molecule has 2 aromatic carbocycles. The fraction of sp³-hybridized carbons (Fsp3) is 0.364. The van der Waals surface area contributed by atoms with Gasteiger partial charge in [0.1, 0.15) is 0 Å². The first-order chi connectivity index (χ1) is 13.1. The third kappa shape index (κ3) is 4.67. The van der Waals surface area contributed by atoms with Gasteiger partial charge in [-0.15, -0.1) is 0 Å². The molecular formula is C22H27N3O2. The smallest absolute Gasteiger partial charge is 0.255 e. The van der Waals surface area contributed by atoms with E-state index in [-0.39, 0.29) is 11.8 Å². The van der Waals surface area contributed by atoms with E-state index in [4.69, 9.17) is 0 Å². The average molecular weight is 365 g/mol. The molecule has 1 saturated heterocycles. The Hall–Kier alpha value is -2.82. The Balaban J connectivity index is 1.57. The van der Waals surface area contributed by atoms with Crippen LogP contribution < -0.4 is 10.2 Å². The molecule has 1 N–H and O–H groups in total. The van der Waals surface area contributed by atoms with Crippen molar-refractivity contribution in [1.82, 2.24) is 4.90 Å². The molecule has 3 rings (SSSR count). The molecule has 27 heavy (non-hydrogen) atoms. The molecule has 0 aliphatic carbocycles. The summed E-state index contributed by atoms with van der Waals surface area (Å²) in [5.41, 5.74) is 3.77. The summed E-state index contributed by atoms with van der Waals surface area (Å²) in [6, 6.07) is 15.6. The number of anilines is 2. The molecule has 1 heterocycles. The molecule has 0 spiro atoms. The number of nitrogens with zero attached hydrogens (tertiary/aromatic N) is 2. The quantitative estimate of drug-likeness (QED) is 0.881. The number of aryl methyl sites for hydroxylation is 1. The molecule has 0 bridgehead atoms. The fourth-order valence-corrected chi connectivity index (χ4v) is 3.29. The number of hydrogen-bond donors (Lipinski definition) is 1. The van der Waals surface area contributed by atoms with Crippen molar-refractivity contribution in [3.63, 3.8) is 0 Å². The summed E-state index contributed by atoms with van der Waals surface area (Å²) in [5, 5.41) is 2.95. The van der Waals surface area contributed by atoms with Gasteiger partial charge in [-0.3, -0.25) is 9.59 Å². The van der Waals surface area contributed by atoms with Crippen LogP contribution in [0.5, 0.6) is 0 Å². The fourth-order valence-electron chi connectivity index (χ4n) is 3.29. The number of hydrogen-bond acceptors (Lipinski definition) is 3. The number of rotatable bonds is 5. The Morgan fingerprint density at radius 3 is 2.07 bits per heavy atom. The van der Waals surface area contributed by atoms with Crippen LogP contribution in [0.4, 0.5) is 11.4 Å². The van der Waals surface area contributed by atoms with E-state index in [2.05, 4.69) is 17.1 Å². The van der Waals surface area contributed by atoms with Crippen LogP contribution >= 0.6 is 0 Å². The molecule has 142 valence electrons. The summed E-state index contributed by atoms with van der Waals surface area (Å²) in [6.45, 7) is 7.19. The van der Waals surface area contributed by atoms with E-state index >= 15 is 0 Å². The van der Waals surface area contributed by atoms with Crippen molar-refractivity contribution >= 4 is 23.2 Å². The molecule has 0 aromatic heterocycles. The van der Waals surface area contributed by atoms with Crippen molar-refractivity contribution in [3.8, 4) is 0 Å². The molecule has 5 nitrogen and oxygen atoms in total. The SMILES string of the molecule is CCC(=O)N1CCN(c2ccc(NC(=O)c3ccc(CC)cc3)cc2)CC1. The molecule has 0 atom stereocenters. The van der Waals surface area contributed by atoms with Gasteiger partial charge in [-0.25, -0.2) is 0 Å². The summed E-state index contributed by atoms with van der Waals surface area (Å²) < 4.78 is 0. The van der Waals surface area contributed by atoms with E-state index in [1.807, 2.05) is 60.4 Å². The van der Waals surface area contributed by atoms with Gasteiger partial charge in [0.2, 0.25) is 5.91 Å². The predicted molar refractivity (Wildman–Crippen MR) is 109 cm³/mol. The van der Waals surface area contributed by atoms with Gasteiger partial charge in [0, 0.05) is 49.5 Å². The Morgan fingerprint density at radius 1 is 0.889 bits per heavy atom. The third-order valence-corrected chi connectivity index (χ3v) is 5.05. The van der Waals surface area contributed by atoms with Crippen LogP contribution in [-0.2, 0) is 11.2 Å². The van der Waals surface area contributed by atoms with Crippen LogP contribution in [0.25, 0.3) is 0 Å². The maximum Gasteiger partial charge on any atom is 0.255 e. The summed E-state index contributed by atoms with van der Waals surface area (Å²) >= 11 is 0. The van der Waals surface area contributed by atoms with Gasteiger partial charge >= 0.3 is 0 Å². The highest BCUT2D eigenvalue weighted by molar-refractivity contribution is 6.04. The zero-order chi connectivity index (χ0) is 19.2. The second-order valence-electron chi connectivity index (χ2n) is 6.77. The van der Waals surface area contributed by atoms with Crippen LogP contribution in [0, 0.1) is 0 Å². The second kappa shape index (κ2) is 8.71. The number of amides is 2. The van der Waals surface area contributed by atoms with E-state index in [1.165, 1.54) is 5.56 Å². The largest absolute Gasteiger partial charge is 0.368 e. The number of carbonyl (C=O) groups excluding carboxylic acids is 2. The van der Waals surface area contributed by atoms with Crippen molar-refractivity contribution < 1.29 is 9.59 Å². The molecule has 2 aromatic rings. The molecule has 0 radical (unpaired) electrons. The van der Waals surface area contributed by atoms with E-state index < -0.39 is 0 Å². The molecule has 1 aliphatic heterocycles. The molecule has 0 unspecified atom stereocenters. The molecular weight excluding hydrogens is 338 g/mol.